The van der Waals surface area contributed by atoms with Crippen molar-refractivity contribution < 1.29 is 9.18 Å². The molecule has 0 saturated carbocycles. The summed E-state index contributed by atoms with van der Waals surface area (Å²) in [4.78, 5) is 12.4. The monoisotopic (exact) mass is 358 g/mol. The van der Waals surface area contributed by atoms with Crippen molar-refractivity contribution in [2.45, 2.75) is 25.9 Å². The van der Waals surface area contributed by atoms with E-state index in [0.29, 0.717) is 12.2 Å². The molecule has 1 atom stereocenters. The molecule has 0 bridgehead atoms. The number of fused-ring (bicyclic) bond motifs is 1. The molecule has 124 valence electrons. The predicted molar refractivity (Wildman–Crippen MR) is 88.5 cm³/mol. The summed E-state index contributed by atoms with van der Waals surface area (Å²) < 4.78 is 13.2. The molecule has 2 heterocycles. The van der Waals surface area contributed by atoms with Gasteiger partial charge in [0.15, 0.2) is 5.69 Å². The molecule has 23 heavy (non-hydrogen) atoms. The quantitative estimate of drug-likeness (QED) is 0.789. The number of amides is 1. The van der Waals surface area contributed by atoms with Gasteiger partial charge in [0.05, 0.1) is 11.1 Å². The van der Waals surface area contributed by atoms with E-state index in [1.165, 1.54) is 12.1 Å². The van der Waals surface area contributed by atoms with Gasteiger partial charge in [0.2, 0.25) is 0 Å². The Morgan fingerprint density at radius 3 is 3.00 bits per heavy atom. The zero-order valence-electron chi connectivity index (χ0n) is 12.5. The fourth-order valence-corrected chi connectivity index (χ4v) is 2.73. The van der Waals surface area contributed by atoms with Crippen molar-refractivity contribution in [1.29, 1.82) is 0 Å². The minimum atomic E-state index is -0.476. The van der Waals surface area contributed by atoms with Crippen molar-refractivity contribution in [3.05, 3.63) is 51.6 Å². The summed E-state index contributed by atoms with van der Waals surface area (Å²) in [7, 11) is 0. The first kappa shape index (κ1) is 17.7. The lowest BCUT2D eigenvalue weighted by Gasteiger charge is -2.16. The molecule has 0 radical (unpaired) electrons. The molecule has 0 spiro atoms. The number of carbonyl (C=O) groups is 1. The van der Waals surface area contributed by atoms with Crippen molar-refractivity contribution in [2.75, 3.05) is 6.54 Å². The highest BCUT2D eigenvalue weighted by atomic mass is 35.5. The van der Waals surface area contributed by atoms with Gasteiger partial charge in [0.1, 0.15) is 5.82 Å². The second-order valence-electron chi connectivity index (χ2n) is 5.32. The van der Waals surface area contributed by atoms with E-state index in [1.807, 2.05) is 6.92 Å². The van der Waals surface area contributed by atoms with E-state index < -0.39 is 5.82 Å². The van der Waals surface area contributed by atoms with Crippen LogP contribution in [0.2, 0.25) is 5.02 Å². The molecular formula is C15H17Cl2FN4O. The van der Waals surface area contributed by atoms with Gasteiger partial charge in [-0.05, 0) is 24.6 Å². The van der Waals surface area contributed by atoms with Gasteiger partial charge in [-0.3, -0.25) is 9.89 Å². The Balaban J connectivity index is 0.00000192. The maximum Gasteiger partial charge on any atom is 0.272 e. The number of carbonyl (C=O) groups excluding carboxylic acids is 1. The highest BCUT2D eigenvalue weighted by Gasteiger charge is 2.22. The van der Waals surface area contributed by atoms with Crippen molar-refractivity contribution in [3.8, 4) is 0 Å². The van der Waals surface area contributed by atoms with Crippen LogP contribution in [0, 0.1) is 5.82 Å². The van der Waals surface area contributed by atoms with Gasteiger partial charge in [-0.15, -0.1) is 12.4 Å². The number of halogens is 3. The van der Waals surface area contributed by atoms with Gasteiger partial charge in [-0.1, -0.05) is 17.7 Å². The average Bonchev–Trinajstić information content (AvgIpc) is 2.94. The van der Waals surface area contributed by atoms with E-state index in [9.17, 15) is 9.18 Å². The molecule has 8 heteroatoms. The van der Waals surface area contributed by atoms with Crippen molar-refractivity contribution in [3.63, 3.8) is 0 Å². The van der Waals surface area contributed by atoms with Crippen LogP contribution in [-0.2, 0) is 13.0 Å². The predicted octanol–water partition coefficient (Wildman–Crippen LogP) is 2.76. The van der Waals surface area contributed by atoms with E-state index >= 15 is 0 Å². The summed E-state index contributed by atoms with van der Waals surface area (Å²) in [6.45, 7) is 3.32. The van der Waals surface area contributed by atoms with E-state index in [1.54, 1.807) is 6.07 Å². The van der Waals surface area contributed by atoms with Crippen molar-refractivity contribution >= 4 is 29.9 Å². The molecule has 1 aromatic heterocycles. The molecule has 0 saturated heterocycles. The third-order valence-corrected chi connectivity index (χ3v) is 4.10. The Labute approximate surface area is 144 Å². The first-order valence-corrected chi connectivity index (χ1v) is 7.46. The molecular weight excluding hydrogens is 342 g/mol. The van der Waals surface area contributed by atoms with Gasteiger partial charge >= 0.3 is 0 Å². The largest absolute Gasteiger partial charge is 0.344 e. The van der Waals surface area contributed by atoms with E-state index in [0.717, 1.165) is 29.8 Å². The average molecular weight is 359 g/mol. The number of aromatic amines is 1. The fraction of sp³-hybridized carbons (Fsp3) is 0.333. The van der Waals surface area contributed by atoms with Crippen LogP contribution in [0.5, 0.6) is 0 Å². The third kappa shape index (κ3) is 3.65. The van der Waals surface area contributed by atoms with Crippen LogP contribution in [0.25, 0.3) is 0 Å². The smallest absolute Gasteiger partial charge is 0.272 e. The molecule has 1 unspecified atom stereocenters. The Hall–Kier alpha value is -1.63. The van der Waals surface area contributed by atoms with Crippen LogP contribution in [-0.4, -0.2) is 22.6 Å². The van der Waals surface area contributed by atoms with E-state index in [4.69, 9.17) is 11.6 Å². The van der Waals surface area contributed by atoms with Crippen LogP contribution in [0.4, 0.5) is 4.39 Å². The van der Waals surface area contributed by atoms with Crippen LogP contribution in [0.3, 0.4) is 0 Å². The Morgan fingerprint density at radius 1 is 1.48 bits per heavy atom. The molecule has 5 nitrogen and oxygen atoms in total. The Kier molecular flexibility index (Phi) is 5.62. The number of H-pyrrole nitrogens is 1. The lowest BCUT2D eigenvalue weighted by molar-refractivity contribution is 0.0933. The number of nitrogens with zero attached hydrogens (tertiary/aromatic N) is 1. The minimum absolute atomic E-state index is 0. The second kappa shape index (κ2) is 7.29. The summed E-state index contributed by atoms with van der Waals surface area (Å²) in [6, 6.07) is 4.12. The van der Waals surface area contributed by atoms with Crippen LogP contribution in [0.1, 0.15) is 40.3 Å². The summed E-state index contributed by atoms with van der Waals surface area (Å²) >= 11 is 5.78. The number of hydrogen-bond acceptors (Lipinski definition) is 3. The summed E-state index contributed by atoms with van der Waals surface area (Å²) in [5.74, 6) is -0.731. The second-order valence-corrected chi connectivity index (χ2v) is 5.73. The van der Waals surface area contributed by atoms with Gasteiger partial charge in [-0.2, -0.15) is 5.10 Å². The lowest BCUT2D eigenvalue weighted by atomic mass is 10.1. The van der Waals surface area contributed by atoms with Crippen LogP contribution >= 0.6 is 24.0 Å². The zero-order chi connectivity index (χ0) is 15.7. The standard InChI is InChI=1S/C15H16ClFN4O.ClH/c1-8(9-2-3-12(17)11(16)6-9)19-15(22)14-10-7-18-5-4-13(10)20-21-14;/h2-3,6,8,18H,4-5,7H2,1H3,(H,19,22)(H,20,21);1H. The minimum Gasteiger partial charge on any atom is -0.344 e. The number of aromatic nitrogens is 2. The third-order valence-electron chi connectivity index (χ3n) is 3.81. The zero-order valence-corrected chi connectivity index (χ0v) is 14.0. The maximum atomic E-state index is 13.2. The lowest BCUT2D eigenvalue weighted by Crippen LogP contribution is -2.30. The Bertz CT molecular complexity index is 719. The number of hydrogen-bond donors (Lipinski definition) is 3. The van der Waals surface area contributed by atoms with Crippen molar-refractivity contribution in [1.82, 2.24) is 20.8 Å². The molecule has 3 N–H and O–H groups in total. The molecule has 1 aromatic carbocycles. The molecule has 1 aliphatic rings. The molecule has 0 fully saturated rings. The van der Waals surface area contributed by atoms with Crippen LogP contribution < -0.4 is 10.6 Å². The SMILES string of the molecule is CC(NC(=O)c1n[nH]c2c1CNCC2)c1ccc(F)c(Cl)c1.Cl. The van der Waals surface area contributed by atoms with Gasteiger partial charge in [0, 0.05) is 30.8 Å². The molecule has 1 aliphatic heterocycles. The van der Waals surface area contributed by atoms with E-state index in [2.05, 4.69) is 20.8 Å². The van der Waals surface area contributed by atoms with Gasteiger partial charge < -0.3 is 10.6 Å². The highest BCUT2D eigenvalue weighted by Crippen LogP contribution is 2.22. The summed E-state index contributed by atoms with van der Waals surface area (Å²) in [5.41, 5.74) is 3.05. The number of rotatable bonds is 3. The Morgan fingerprint density at radius 2 is 2.26 bits per heavy atom. The van der Waals surface area contributed by atoms with Gasteiger partial charge in [-0.25, -0.2) is 4.39 Å². The first-order valence-electron chi connectivity index (χ1n) is 7.09. The van der Waals surface area contributed by atoms with E-state index in [-0.39, 0.29) is 29.4 Å². The number of nitrogens with one attached hydrogen (secondary N) is 3. The van der Waals surface area contributed by atoms with Crippen molar-refractivity contribution in [2.24, 2.45) is 0 Å². The normalized spacial score (nSPS) is 14.6. The molecule has 2 aromatic rings. The first-order chi connectivity index (χ1) is 10.6. The molecule has 1 amide bonds. The summed E-state index contributed by atoms with van der Waals surface area (Å²) in [5, 5.41) is 13.2. The summed E-state index contributed by atoms with van der Waals surface area (Å²) in [6.07, 6.45) is 0.832. The highest BCUT2D eigenvalue weighted by molar-refractivity contribution is 6.30. The maximum absolute atomic E-state index is 13.2. The van der Waals surface area contributed by atoms with Gasteiger partial charge in [0.25, 0.3) is 5.91 Å². The molecule has 3 rings (SSSR count). The van der Waals surface area contributed by atoms with Crippen LogP contribution in [0.15, 0.2) is 18.2 Å². The fourth-order valence-electron chi connectivity index (χ4n) is 2.54. The topological polar surface area (TPSA) is 69.8 Å². The number of benzene rings is 1. The molecule has 0 aliphatic carbocycles.